The Morgan fingerprint density at radius 1 is 1.00 bits per heavy atom. The van der Waals surface area contributed by atoms with Gasteiger partial charge in [-0.05, 0) is 31.7 Å². The van der Waals surface area contributed by atoms with E-state index in [1.54, 1.807) is 12.5 Å². The lowest BCUT2D eigenvalue weighted by Crippen LogP contribution is -2.47. The van der Waals surface area contributed by atoms with Crippen LogP contribution in [0.5, 0.6) is 0 Å². The van der Waals surface area contributed by atoms with Crippen LogP contribution >= 0.6 is 0 Å². The van der Waals surface area contributed by atoms with Gasteiger partial charge in [-0.2, -0.15) is 0 Å². The van der Waals surface area contributed by atoms with Gasteiger partial charge in [0.2, 0.25) is 5.88 Å². The maximum atomic E-state index is 12.1. The zero-order valence-corrected chi connectivity index (χ0v) is 18.1. The maximum absolute atomic E-state index is 12.1. The molecule has 0 amide bonds. The molecule has 164 valence electrons. The second kappa shape index (κ2) is 9.18. The largest absolute Gasteiger partial charge is 0.464 e. The SMILES string of the molecule is O=C1CCCc2c1ccn2CCN1CCN(C2=COC=C(CC3=CC=CCC3)O2)CC1. The first-order chi connectivity index (χ1) is 15.3. The molecule has 0 spiro atoms. The average Bonchev–Trinajstić information content (AvgIpc) is 3.23. The number of Topliss-reactive ketones (excluding diaryl/α,β-unsaturated/α-hetero) is 1. The summed E-state index contributed by atoms with van der Waals surface area (Å²) in [7, 11) is 0. The number of hydrogen-bond donors (Lipinski definition) is 0. The fraction of sp³-hybridized carbons (Fsp3) is 0.480. The molecule has 0 N–H and O–H groups in total. The summed E-state index contributed by atoms with van der Waals surface area (Å²) >= 11 is 0. The molecular weight excluding hydrogens is 390 g/mol. The Morgan fingerprint density at radius 2 is 1.90 bits per heavy atom. The lowest BCUT2D eigenvalue weighted by Gasteiger charge is -2.37. The molecule has 0 unspecified atom stereocenters. The molecule has 1 fully saturated rings. The summed E-state index contributed by atoms with van der Waals surface area (Å²) in [5.41, 5.74) is 3.56. The normalized spacial score (nSPS) is 21.6. The van der Waals surface area contributed by atoms with Gasteiger partial charge in [-0.1, -0.05) is 23.8 Å². The number of carbonyl (C=O) groups is 1. The van der Waals surface area contributed by atoms with Crippen molar-refractivity contribution in [1.82, 2.24) is 14.4 Å². The molecule has 3 heterocycles. The van der Waals surface area contributed by atoms with Crippen LogP contribution in [0.4, 0.5) is 0 Å². The second-order valence-electron chi connectivity index (χ2n) is 8.72. The Morgan fingerprint density at radius 3 is 2.74 bits per heavy atom. The summed E-state index contributed by atoms with van der Waals surface area (Å²) in [4.78, 5) is 16.8. The quantitative estimate of drug-likeness (QED) is 0.695. The van der Waals surface area contributed by atoms with E-state index in [9.17, 15) is 4.79 Å². The first-order valence-electron chi connectivity index (χ1n) is 11.5. The van der Waals surface area contributed by atoms with Gasteiger partial charge in [0.1, 0.15) is 12.0 Å². The van der Waals surface area contributed by atoms with Gasteiger partial charge >= 0.3 is 0 Å². The number of ketones is 1. The van der Waals surface area contributed by atoms with E-state index in [1.807, 2.05) is 6.07 Å². The van der Waals surface area contributed by atoms with Crippen LogP contribution in [-0.2, 0) is 22.4 Å². The van der Waals surface area contributed by atoms with Crippen LogP contribution in [0.25, 0.3) is 0 Å². The Bertz CT molecular complexity index is 945. The molecular formula is C25H31N3O3. The van der Waals surface area contributed by atoms with E-state index in [0.29, 0.717) is 12.2 Å². The Kier molecular flexibility index (Phi) is 5.98. The minimum atomic E-state index is 0.307. The lowest BCUT2D eigenvalue weighted by molar-refractivity contribution is 0.0740. The highest BCUT2D eigenvalue weighted by molar-refractivity contribution is 5.98. The number of hydrogen-bond acceptors (Lipinski definition) is 5. The highest BCUT2D eigenvalue weighted by Crippen LogP contribution is 2.26. The number of fused-ring (bicyclic) bond motifs is 1. The lowest BCUT2D eigenvalue weighted by atomic mass is 9.97. The first kappa shape index (κ1) is 20.2. The summed E-state index contributed by atoms with van der Waals surface area (Å²) in [6.07, 6.45) is 17.8. The summed E-state index contributed by atoms with van der Waals surface area (Å²) < 4.78 is 14.0. The summed E-state index contributed by atoms with van der Waals surface area (Å²) in [6.45, 7) is 5.80. The molecule has 1 aromatic rings. The van der Waals surface area contributed by atoms with E-state index in [-0.39, 0.29) is 0 Å². The van der Waals surface area contributed by atoms with Gasteiger partial charge in [-0.25, -0.2) is 0 Å². The molecule has 0 bridgehead atoms. The van der Waals surface area contributed by atoms with Crippen LogP contribution in [0, 0.1) is 0 Å². The van der Waals surface area contributed by atoms with E-state index in [0.717, 1.165) is 88.6 Å². The molecule has 0 atom stereocenters. The fourth-order valence-corrected chi connectivity index (χ4v) is 4.83. The predicted octanol–water partition coefficient (Wildman–Crippen LogP) is 3.98. The van der Waals surface area contributed by atoms with Crippen LogP contribution in [0.1, 0.15) is 48.2 Å². The van der Waals surface area contributed by atoms with Crippen LogP contribution in [0.15, 0.2) is 60.2 Å². The van der Waals surface area contributed by atoms with Crippen molar-refractivity contribution in [2.45, 2.75) is 45.1 Å². The standard InChI is InChI=1S/C25H31N3O3/c29-24-8-4-7-23-22(24)9-10-27(23)14-11-26-12-15-28(16-13-26)25-19-30-18-21(31-25)17-20-5-2-1-3-6-20/h1-2,5,9-10,18-19H,3-4,6-8,11-17H2. The maximum Gasteiger partial charge on any atom is 0.231 e. The third kappa shape index (κ3) is 4.64. The zero-order chi connectivity index (χ0) is 21.0. The van der Waals surface area contributed by atoms with Crippen molar-refractivity contribution in [2.75, 3.05) is 32.7 Å². The Labute approximate surface area is 184 Å². The van der Waals surface area contributed by atoms with E-state index in [4.69, 9.17) is 9.47 Å². The predicted molar refractivity (Wildman–Crippen MR) is 119 cm³/mol. The number of rotatable bonds is 6. The zero-order valence-electron chi connectivity index (χ0n) is 18.1. The van der Waals surface area contributed by atoms with Crippen LogP contribution in [-0.4, -0.2) is 52.9 Å². The third-order valence-corrected chi connectivity index (χ3v) is 6.64. The van der Waals surface area contributed by atoms with Crippen molar-refractivity contribution in [3.8, 4) is 0 Å². The molecule has 1 aromatic heterocycles. The molecule has 2 aliphatic heterocycles. The average molecular weight is 422 g/mol. The van der Waals surface area contributed by atoms with Gasteiger partial charge in [0.25, 0.3) is 0 Å². The van der Waals surface area contributed by atoms with E-state index >= 15 is 0 Å². The molecule has 5 rings (SSSR count). The van der Waals surface area contributed by atoms with E-state index < -0.39 is 0 Å². The summed E-state index contributed by atoms with van der Waals surface area (Å²) in [6, 6.07) is 2.01. The van der Waals surface area contributed by atoms with Crippen molar-refractivity contribution in [2.24, 2.45) is 0 Å². The van der Waals surface area contributed by atoms with E-state index in [1.165, 1.54) is 11.3 Å². The number of ether oxygens (including phenoxy) is 2. The third-order valence-electron chi connectivity index (χ3n) is 6.64. The van der Waals surface area contributed by atoms with Crippen molar-refractivity contribution in [3.63, 3.8) is 0 Å². The van der Waals surface area contributed by atoms with Crippen molar-refractivity contribution in [1.29, 1.82) is 0 Å². The number of nitrogens with zero attached hydrogens (tertiary/aromatic N) is 3. The second-order valence-corrected chi connectivity index (χ2v) is 8.72. The Hall–Kier alpha value is -2.73. The topological polar surface area (TPSA) is 46.9 Å². The molecule has 6 nitrogen and oxygen atoms in total. The molecule has 0 aromatic carbocycles. The number of aromatic nitrogens is 1. The molecule has 4 aliphatic rings. The highest BCUT2D eigenvalue weighted by Gasteiger charge is 2.24. The highest BCUT2D eigenvalue weighted by atomic mass is 16.6. The van der Waals surface area contributed by atoms with Gasteiger partial charge in [-0.15, -0.1) is 0 Å². The summed E-state index contributed by atoms with van der Waals surface area (Å²) in [5.74, 6) is 2.01. The van der Waals surface area contributed by atoms with Crippen molar-refractivity contribution < 1.29 is 14.3 Å². The number of carbonyl (C=O) groups excluding carboxylic acids is 1. The van der Waals surface area contributed by atoms with Gasteiger partial charge < -0.3 is 18.9 Å². The van der Waals surface area contributed by atoms with Gasteiger partial charge in [0.05, 0.1) is 0 Å². The number of piperazine rings is 1. The minimum absolute atomic E-state index is 0.307. The molecule has 31 heavy (non-hydrogen) atoms. The van der Waals surface area contributed by atoms with Crippen LogP contribution < -0.4 is 0 Å². The summed E-state index contributed by atoms with van der Waals surface area (Å²) in [5, 5.41) is 0. The van der Waals surface area contributed by atoms with Gasteiger partial charge in [0, 0.05) is 69.6 Å². The van der Waals surface area contributed by atoms with Crippen molar-refractivity contribution >= 4 is 5.78 Å². The van der Waals surface area contributed by atoms with Gasteiger partial charge in [0.15, 0.2) is 12.0 Å². The van der Waals surface area contributed by atoms with Gasteiger partial charge in [-0.3, -0.25) is 9.69 Å². The molecule has 2 aliphatic carbocycles. The first-order valence-corrected chi connectivity index (χ1v) is 11.5. The number of allylic oxidation sites excluding steroid dienone is 4. The van der Waals surface area contributed by atoms with Crippen LogP contribution in [0.2, 0.25) is 0 Å². The fourth-order valence-electron chi connectivity index (χ4n) is 4.83. The van der Waals surface area contributed by atoms with Crippen molar-refractivity contribution in [3.05, 3.63) is 71.5 Å². The van der Waals surface area contributed by atoms with Crippen LogP contribution in [0.3, 0.4) is 0 Å². The molecule has 0 saturated carbocycles. The Balaban J connectivity index is 1.09. The molecule has 1 saturated heterocycles. The molecule has 6 heteroatoms. The molecule has 0 radical (unpaired) electrons. The van der Waals surface area contributed by atoms with E-state index in [2.05, 4.69) is 38.8 Å². The smallest absolute Gasteiger partial charge is 0.231 e. The minimum Gasteiger partial charge on any atom is -0.464 e. The monoisotopic (exact) mass is 421 g/mol.